The lowest BCUT2D eigenvalue weighted by Gasteiger charge is -2.32. The maximum Gasteiger partial charge on any atom is 0.243 e. The molecule has 1 N–H and O–H groups in total. The first-order valence-corrected chi connectivity index (χ1v) is 5.01. The molecular formula is C10H16N2O2. The first kappa shape index (κ1) is 9.49. The number of piperazine rings is 1. The van der Waals surface area contributed by atoms with Gasteiger partial charge >= 0.3 is 0 Å². The molecule has 2 saturated heterocycles. The van der Waals surface area contributed by atoms with E-state index >= 15 is 0 Å². The molecular weight excluding hydrogens is 180 g/mol. The van der Waals surface area contributed by atoms with E-state index in [9.17, 15) is 9.59 Å². The van der Waals surface area contributed by atoms with E-state index in [-0.39, 0.29) is 29.3 Å². The first-order chi connectivity index (χ1) is 6.39. The Balaban J connectivity index is 2.15. The molecule has 2 rings (SSSR count). The fraction of sp³-hybridized carbons (Fsp3) is 0.800. The number of likely N-dealkylation sites (tertiary alicyclic amines) is 1. The maximum absolute atomic E-state index is 11.9. The molecule has 0 unspecified atom stereocenters. The zero-order valence-corrected chi connectivity index (χ0v) is 8.83. The molecule has 0 aromatic heterocycles. The molecule has 0 aromatic rings. The van der Waals surface area contributed by atoms with Crippen molar-refractivity contribution in [3.8, 4) is 0 Å². The molecule has 2 heterocycles. The van der Waals surface area contributed by atoms with E-state index in [0.29, 0.717) is 6.54 Å². The molecule has 2 aliphatic heterocycles. The lowest BCUT2D eigenvalue weighted by molar-refractivity contribution is -0.145. The Kier molecular flexibility index (Phi) is 1.84. The molecule has 0 spiro atoms. The van der Waals surface area contributed by atoms with Crippen molar-refractivity contribution in [3.05, 3.63) is 0 Å². The molecule has 2 aliphatic rings. The summed E-state index contributed by atoms with van der Waals surface area (Å²) in [7, 11) is 0. The third kappa shape index (κ3) is 1.29. The molecule has 2 bridgehead atoms. The summed E-state index contributed by atoms with van der Waals surface area (Å²) >= 11 is 0. The van der Waals surface area contributed by atoms with Gasteiger partial charge in [-0.05, 0) is 6.42 Å². The first-order valence-electron chi connectivity index (χ1n) is 5.01. The van der Waals surface area contributed by atoms with Crippen LogP contribution in [-0.4, -0.2) is 35.3 Å². The Morgan fingerprint density at radius 1 is 1.50 bits per heavy atom. The number of hydrogen-bond acceptors (Lipinski definition) is 2. The van der Waals surface area contributed by atoms with Crippen molar-refractivity contribution < 1.29 is 9.59 Å². The van der Waals surface area contributed by atoms with Crippen molar-refractivity contribution in [2.75, 3.05) is 6.54 Å². The van der Waals surface area contributed by atoms with Crippen LogP contribution in [0.1, 0.15) is 27.2 Å². The quantitative estimate of drug-likeness (QED) is 0.598. The molecule has 4 nitrogen and oxygen atoms in total. The summed E-state index contributed by atoms with van der Waals surface area (Å²) in [6.45, 7) is 6.35. The Labute approximate surface area is 83.6 Å². The second kappa shape index (κ2) is 2.72. The minimum atomic E-state index is -0.384. The van der Waals surface area contributed by atoms with Gasteiger partial charge in [-0.15, -0.1) is 0 Å². The zero-order valence-electron chi connectivity index (χ0n) is 8.83. The predicted molar refractivity (Wildman–Crippen MR) is 51.5 cm³/mol. The van der Waals surface area contributed by atoms with E-state index in [4.69, 9.17) is 0 Å². The zero-order chi connectivity index (χ0) is 10.5. The fourth-order valence-corrected chi connectivity index (χ4v) is 2.14. The van der Waals surface area contributed by atoms with Crippen LogP contribution >= 0.6 is 0 Å². The normalized spacial score (nSPS) is 30.8. The van der Waals surface area contributed by atoms with Gasteiger partial charge in [0.15, 0.2) is 0 Å². The number of carbonyl (C=O) groups excluding carboxylic acids is 2. The van der Waals surface area contributed by atoms with Crippen LogP contribution in [0.15, 0.2) is 0 Å². The summed E-state index contributed by atoms with van der Waals surface area (Å²) in [5.74, 6) is 0.0960. The summed E-state index contributed by atoms with van der Waals surface area (Å²) in [4.78, 5) is 25.0. The minimum Gasteiger partial charge on any atom is -0.350 e. The summed E-state index contributed by atoms with van der Waals surface area (Å²) < 4.78 is 0. The molecule has 0 aliphatic carbocycles. The van der Waals surface area contributed by atoms with Gasteiger partial charge in [-0.25, -0.2) is 0 Å². The van der Waals surface area contributed by atoms with Crippen LogP contribution < -0.4 is 5.32 Å². The Bertz CT molecular complexity index is 293. The maximum atomic E-state index is 11.9. The van der Waals surface area contributed by atoms with Gasteiger partial charge < -0.3 is 10.2 Å². The molecule has 2 amide bonds. The lowest BCUT2D eigenvalue weighted by atomic mass is 9.94. The highest BCUT2D eigenvalue weighted by molar-refractivity contribution is 5.92. The van der Waals surface area contributed by atoms with Crippen molar-refractivity contribution in [2.45, 2.75) is 39.3 Å². The molecule has 4 heteroatoms. The monoisotopic (exact) mass is 196 g/mol. The Hall–Kier alpha value is -1.06. The van der Waals surface area contributed by atoms with Crippen LogP contribution in [0.25, 0.3) is 0 Å². The second-order valence-electron chi connectivity index (χ2n) is 5.16. The SMILES string of the molecule is CC(C)(C)C(=O)N1C[C@H]2C[C@@H]1C(=O)N2. The summed E-state index contributed by atoms with van der Waals surface area (Å²) in [5, 5.41) is 2.86. The molecule has 0 radical (unpaired) electrons. The van der Waals surface area contributed by atoms with Gasteiger partial charge in [0.05, 0.1) is 0 Å². The van der Waals surface area contributed by atoms with Crippen molar-refractivity contribution in [1.29, 1.82) is 0 Å². The van der Waals surface area contributed by atoms with Crippen molar-refractivity contribution >= 4 is 11.8 Å². The van der Waals surface area contributed by atoms with Gasteiger partial charge in [-0.1, -0.05) is 20.8 Å². The Morgan fingerprint density at radius 2 is 2.14 bits per heavy atom. The number of rotatable bonds is 0. The average Bonchev–Trinajstić information content (AvgIpc) is 2.58. The molecule has 0 saturated carbocycles. The standard InChI is InChI=1S/C10H16N2O2/c1-10(2,3)9(14)12-5-6-4-7(12)8(13)11-6/h6-7H,4-5H2,1-3H3,(H,11,13)/t6-,7-/m1/s1. The van der Waals surface area contributed by atoms with Gasteiger partial charge in [0.25, 0.3) is 0 Å². The Morgan fingerprint density at radius 3 is 2.57 bits per heavy atom. The van der Waals surface area contributed by atoms with Crippen LogP contribution in [0.3, 0.4) is 0 Å². The molecule has 0 aromatic carbocycles. The van der Waals surface area contributed by atoms with Crippen LogP contribution in [0, 0.1) is 5.41 Å². The van der Waals surface area contributed by atoms with Gasteiger partial charge in [0.2, 0.25) is 11.8 Å². The van der Waals surface area contributed by atoms with E-state index in [1.54, 1.807) is 4.90 Å². The van der Waals surface area contributed by atoms with Crippen LogP contribution in [-0.2, 0) is 9.59 Å². The van der Waals surface area contributed by atoms with Crippen LogP contribution in [0.4, 0.5) is 0 Å². The van der Waals surface area contributed by atoms with E-state index in [1.165, 1.54) is 0 Å². The minimum absolute atomic E-state index is 0.0128. The lowest BCUT2D eigenvalue weighted by Crippen LogP contribution is -2.53. The summed E-state index contributed by atoms with van der Waals surface area (Å²) in [6.07, 6.45) is 0.792. The largest absolute Gasteiger partial charge is 0.350 e. The topological polar surface area (TPSA) is 49.4 Å². The highest BCUT2D eigenvalue weighted by Gasteiger charge is 2.47. The number of hydrogen-bond donors (Lipinski definition) is 1. The number of carbonyl (C=O) groups is 2. The number of nitrogens with zero attached hydrogens (tertiary/aromatic N) is 1. The van der Waals surface area contributed by atoms with Gasteiger partial charge in [0.1, 0.15) is 6.04 Å². The predicted octanol–water partition coefficient (Wildman–Crippen LogP) is 0.132. The van der Waals surface area contributed by atoms with E-state index < -0.39 is 0 Å². The fourth-order valence-electron chi connectivity index (χ4n) is 2.14. The molecule has 78 valence electrons. The number of amides is 2. The molecule has 2 fully saturated rings. The smallest absolute Gasteiger partial charge is 0.243 e. The summed E-state index contributed by atoms with van der Waals surface area (Å²) in [5.41, 5.74) is -0.384. The van der Waals surface area contributed by atoms with E-state index in [0.717, 1.165) is 6.42 Å². The highest BCUT2D eigenvalue weighted by Crippen LogP contribution is 2.29. The van der Waals surface area contributed by atoms with Gasteiger partial charge in [-0.2, -0.15) is 0 Å². The highest BCUT2D eigenvalue weighted by atomic mass is 16.2. The molecule has 14 heavy (non-hydrogen) atoms. The van der Waals surface area contributed by atoms with Crippen LogP contribution in [0.5, 0.6) is 0 Å². The second-order valence-corrected chi connectivity index (χ2v) is 5.16. The van der Waals surface area contributed by atoms with Gasteiger partial charge in [0, 0.05) is 18.0 Å². The van der Waals surface area contributed by atoms with E-state index in [2.05, 4.69) is 5.32 Å². The van der Waals surface area contributed by atoms with Crippen molar-refractivity contribution in [1.82, 2.24) is 10.2 Å². The van der Waals surface area contributed by atoms with Crippen molar-refractivity contribution in [3.63, 3.8) is 0 Å². The number of fused-ring (bicyclic) bond motifs is 2. The third-order valence-electron chi connectivity index (χ3n) is 2.85. The van der Waals surface area contributed by atoms with Gasteiger partial charge in [-0.3, -0.25) is 9.59 Å². The van der Waals surface area contributed by atoms with Crippen molar-refractivity contribution in [2.24, 2.45) is 5.41 Å². The number of nitrogens with one attached hydrogen (secondary N) is 1. The summed E-state index contributed by atoms with van der Waals surface area (Å²) in [6, 6.07) is -0.00877. The molecule has 2 atom stereocenters. The third-order valence-corrected chi connectivity index (χ3v) is 2.85. The average molecular weight is 196 g/mol. The van der Waals surface area contributed by atoms with Crippen LogP contribution in [0.2, 0.25) is 0 Å². The van der Waals surface area contributed by atoms with E-state index in [1.807, 2.05) is 20.8 Å².